The van der Waals surface area contributed by atoms with Gasteiger partial charge in [-0.25, -0.2) is 4.98 Å². The van der Waals surface area contributed by atoms with Gasteiger partial charge in [-0.05, 0) is 62.2 Å². The van der Waals surface area contributed by atoms with Crippen molar-refractivity contribution in [3.63, 3.8) is 0 Å². The standard InChI is InChI=1S/C28H27N3O4/c1-19-6-9-22(10-7-19)33-17-27-29-23-4-2-3-5-24(23)31(27)21-12-14-30(15-13-21)28(32)20-8-11-25-26(16-20)35-18-34-25/h2-11,16,21H,12-15,17-18H2,1H3. The lowest BCUT2D eigenvalue weighted by molar-refractivity contribution is 0.0693. The fourth-order valence-electron chi connectivity index (χ4n) is 4.93. The summed E-state index contributed by atoms with van der Waals surface area (Å²) in [7, 11) is 0. The Kier molecular flexibility index (Phi) is 5.52. The van der Waals surface area contributed by atoms with Crippen molar-refractivity contribution < 1.29 is 19.0 Å². The largest absolute Gasteiger partial charge is 0.486 e. The number of benzene rings is 3. The molecule has 1 fully saturated rings. The first-order valence-corrected chi connectivity index (χ1v) is 12.0. The molecular formula is C28H27N3O4. The first-order valence-electron chi connectivity index (χ1n) is 12.0. The molecule has 0 bridgehead atoms. The van der Waals surface area contributed by atoms with Gasteiger partial charge in [0.25, 0.3) is 5.91 Å². The van der Waals surface area contributed by atoms with Crippen LogP contribution in [0.25, 0.3) is 11.0 Å². The summed E-state index contributed by atoms with van der Waals surface area (Å²) in [6.07, 6.45) is 1.71. The number of aromatic nitrogens is 2. The van der Waals surface area contributed by atoms with Gasteiger partial charge in [0.2, 0.25) is 6.79 Å². The SMILES string of the molecule is Cc1ccc(OCc2nc3ccccc3n2C2CCN(C(=O)c3ccc4c(c3)OCO4)CC2)cc1. The summed E-state index contributed by atoms with van der Waals surface area (Å²) >= 11 is 0. The van der Waals surface area contributed by atoms with Crippen LogP contribution in [0.5, 0.6) is 17.2 Å². The maximum atomic E-state index is 13.1. The first-order chi connectivity index (χ1) is 17.2. The van der Waals surface area contributed by atoms with Crippen LogP contribution in [-0.2, 0) is 6.61 Å². The maximum Gasteiger partial charge on any atom is 0.253 e. The monoisotopic (exact) mass is 469 g/mol. The molecule has 0 radical (unpaired) electrons. The van der Waals surface area contributed by atoms with Crippen molar-refractivity contribution >= 4 is 16.9 Å². The van der Waals surface area contributed by atoms with E-state index in [1.54, 1.807) is 12.1 Å². The van der Waals surface area contributed by atoms with E-state index in [9.17, 15) is 4.79 Å². The molecule has 3 aromatic carbocycles. The molecule has 35 heavy (non-hydrogen) atoms. The van der Waals surface area contributed by atoms with Crippen molar-refractivity contribution in [1.29, 1.82) is 0 Å². The number of rotatable bonds is 5. The van der Waals surface area contributed by atoms with Crippen molar-refractivity contribution in [2.75, 3.05) is 19.9 Å². The van der Waals surface area contributed by atoms with Crippen molar-refractivity contribution in [2.24, 2.45) is 0 Å². The van der Waals surface area contributed by atoms with Crippen molar-refractivity contribution in [3.05, 3.63) is 83.7 Å². The number of imidazole rings is 1. The lowest BCUT2D eigenvalue weighted by Gasteiger charge is -2.33. The van der Waals surface area contributed by atoms with Crippen LogP contribution in [0, 0.1) is 6.92 Å². The zero-order chi connectivity index (χ0) is 23.8. The molecule has 1 amide bonds. The molecule has 7 heteroatoms. The Balaban J connectivity index is 1.19. The molecule has 1 aromatic heterocycles. The van der Waals surface area contributed by atoms with Crippen molar-refractivity contribution in [1.82, 2.24) is 14.5 Å². The minimum Gasteiger partial charge on any atom is -0.486 e. The highest BCUT2D eigenvalue weighted by Crippen LogP contribution is 2.34. The minimum absolute atomic E-state index is 0.0279. The van der Waals surface area contributed by atoms with Gasteiger partial charge in [0.1, 0.15) is 18.2 Å². The van der Waals surface area contributed by atoms with E-state index in [0.717, 1.165) is 35.4 Å². The van der Waals surface area contributed by atoms with Crippen LogP contribution in [0.2, 0.25) is 0 Å². The molecule has 0 atom stereocenters. The lowest BCUT2D eigenvalue weighted by atomic mass is 10.0. The van der Waals surface area contributed by atoms with Gasteiger partial charge >= 0.3 is 0 Å². The summed E-state index contributed by atoms with van der Waals surface area (Å²) in [6.45, 7) is 4.03. The maximum absolute atomic E-state index is 13.1. The van der Waals surface area contributed by atoms with Gasteiger partial charge in [0, 0.05) is 24.7 Å². The summed E-state index contributed by atoms with van der Waals surface area (Å²) in [5.41, 5.74) is 3.91. The average Bonchev–Trinajstić information content (AvgIpc) is 3.52. The zero-order valence-corrected chi connectivity index (χ0v) is 19.6. The normalized spacial score (nSPS) is 15.5. The highest BCUT2D eigenvalue weighted by Gasteiger charge is 2.28. The van der Waals surface area contributed by atoms with Crippen LogP contribution >= 0.6 is 0 Å². The Morgan fingerprint density at radius 3 is 2.60 bits per heavy atom. The third-order valence-electron chi connectivity index (χ3n) is 6.79. The van der Waals surface area contributed by atoms with E-state index in [2.05, 4.69) is 17.6 Å². The Bertz CT molecular complexity index is 1370. The van der Waals surface area contributed by atoms with Crippen LogP contribution < -0.4 is 14.2 Å². The van der Waals surface area contributed by atoms with Crippen LogP contribution in [0.4, 0.5) is 0 Å². The molecule has 4 aromatic rings. The second-order valence-corrected chi connectivity index (χ2v) is 9.08. The number of para-hydroxylation sites is 2. The molecule has 1 saturated heterocycles. The molecule has 0 N–H and O–H groups in total. The van der Waals surface area contributed by atoms with Crippen molar-refractivity contribution in [2.45, 2.75) is 32.4 Å². The fourth-order valence-corrected chi connectivity index (χ4v) is 4.93. The highest BCUT2D eigenvalue weighted by atomic mass is 16.7. The van der Waals surface area contributed by atoms with Gasteiger partial charge in [0.05, 0.1) is 11.0 Å². The Labute approximate surface area is 203 Å². The number of nitrogens with zero attached hydrogens (tertiary/aromatic N) is 3. The molecule has 0 saturated carbocycles. The summed E-state index contributed by atoms with van der Waals surface area (Å²) in [6, 6.07) is 21.9. The van der Waals surface area contributed by atoms with Gasteiger partial charge in [0.15, 0.2) is 11.5 Å². The van der Waals surface area contributed by atoms with Crippen LogP contribution in [-0.4, -0.2) is 40.2 Å². The van der Waals surface area contributed by atoms with Gasteiger partial charge in [-0.1, -0.05) is 29.8 Å². The molecule has 6 rings (SSSR count). The van der Waals surface area contributed by atoms with E-state index in [-0.39, 0.29) is 18.7 Å². The number of aryl methyl sites for hydroxylation is 1. The molecule has 0 aliphatic carbocycles. The number of likely N-dealkylation sites (tertiary alicyclic amines) is 1. The van der Waals surface area contributed by atoms with E-state index in [1.165, 1.54) is 5.56 Å². The van der Waals surface area contributed by atoms with Gasteiger partial charge < -0.3 is 23.7 Å². The van der Waals surface area contributed by atoms with Gasteiger partial charge in [-0.15, -0.1) is 0 Å². The molecule has 7 nitrogen and oxygen atoms in total. The predicted octanol–water partition coefficient (Wildman–Crippen LogP) is 5.13. The Morgan fingerprint density at radius 1 is 1.00 bits per heavy atom. The molecule has 2 aliphatic heterocycles. The second-order valence-electron chi connectivity index (χ2n) is 9.08. The van der Waals surface area contributed by atoms with Crippen molar-refractivity contribution in [3.8, 4) is 17.2 Å². The zero-order valence-electron chi connectivity index (χ0n) is 19.6. The molecular weight excluding hydrogens is 442 g/mol. The fraction of sp³-hybridized carbons (Fsp3) is 0.286. The second kappa shape index (κ2) is 8.98. The van der Waals surface area contributed by atoms with E-state index < -0.39 is 0 Å². The summed E-state index contributed by atoms with van der Waals surface area (Å²) in [5, 5.41) is 0. The molecule has 3 heterocycles. The van der Waals surface area contributed by atoms with Crippen LogP contribution in [0.1, 0.15) is 40.6 Å². The van der Waals surface area contributed by atoms with E-state index in [1.807, 2.05) is 53.4 Å². The smallest absolute Gasteiger partial charge is 0.253 e. The van der Waals surface area contributed by atoms with Crippen LogP contribution in [0.3, 0.4) is 0 Å². The Hall–Kier alpha value is -4.00. The molecule has 0 unspecified atom stereocenters. The Morgan fingerprint density at radius 2 is 1.77 bits per heavy atom. The predicted molar refractivity (Wildman–Crippen MR) is 132 cm³/mol. The molecule has 0 spiro atoms. The van der Waals surface area contributed by atoms with E-state index in [0.29, 0.717) is 36.8 Å². The number of ether oxygens (including phenoxy) is 3. The molecule has 2 aliphatic rings. The topological polar surface area (TPSA) is 65.8 Å². The number of piperidine rings is 1. The quantitative estimate of drug-likeness (QED) is 0.405. The number of hydrogen-bond acceptors (Lipinski definition) is 5. The summed E-state index contributed by atoms with van der Waals surface area (Å²) in [5.74, 6) is 3.09. The highest BCUT2D eigenvalue weighted by molar-refractivity contribution is 5.95. The summed E-state index contributed by atoms with van der Waals surface area (Å²) in [4.78, 5) is 20.0. The minimum atomic E-state index is 0.0279. The van der Waals surface area contributed by atoms with Crippen LogP contribution in [0.15, 0.2) is 66.7 Å². The average molecular weight is 470 g/mol. The van der Waals surface area contributed by atoms with E-state index in [4.69, 9.17) is 19.2 Å². The lowest BCUT2D eigenvalue weighted by Crippen LogP contribution is -2.39. The van der Waals surface area contributed by atoms with Gasteiger partial charge in [-0.2, -0.15) is 0 Å². The summed E-state index contributed by atoms with van der Waals surface area (Å²) < 4.78 is 19.2. The van der Waals surface area contributed by atoms with Gasteiger partial charge in [-0.3, -0.25) is 4.79 Å². The number of amides is 1. The third-order valence-corrected chi connectivity index (χ3v) is 6.79. The number of carbonyl (C=O) groups excluding carboxylic acids is 1. The number of hydrogen-bond donors (Lipinski definition) is 0. The first kappa shape index (κ1) is 21.5. The van der Waals surface area contributed by atoms with E-state index >= 15 is 0 Å². The number of fused-ring (bicyclic) bond motifs is 2. The third kappa shape index (κ3) is 4.18. The molecule has 178 valence electrons. The number of carbonyl (C=O) groups is 1.